The van der Waals surface area contributed by atoms with Gasteiger partial charge in [0.2, 0.25) is 0 Å². The molecule has 0 unspecified atom stereocenters. The van der Waals surface area contributed by atoms with E-state index in [0.29, 0.717) is 0 Å². The summed E-state index contributed by atoms with van der Waals surface area (Å²) in [5.41, 5.74) is 0. The third-order valence-corrected chi connectivity index (χ3v) is 216. The monoisotopic (exact) mass is 1970 g/mol. The molecule has 0 radical (unpaired) electrons. The summed E-state index contributed by atoms with van der Waals surface area (Å²) in [5, 5.41) is 0. The fourth-order valence-electron chi connectivity index (χ4n) is 4.90. The summed E-state index contributed by atoms with van der Waals surface area (Å²) in [6.45, 7) is 0. The second-order valence-corrected chi connectivity index (χ2v) is 185. The molecule has 0 aromatic carbocycles. The molecule has 0 aromatic rings. The molecular formula is Cl16N8Te10. The number of halogens is 16. The summed E-state index contributed by atoms with van der Waals surface area (Å²) in [4.78, 5) is 0. The van der Waals surface area contributed by atoms with E-state index in [-0.39, 0.29) is 0 Å². The van der Waals surface area contributed by atoms with Crippen LogP contribution in [0.1, 0.15) is 0 Å². The van der Waals surface area contributed by atoms with Crippen molar-refractivity contribution in [3.8, 4) is 0 Å². The zero-order valence-corrected chi connectivity index (χ0v) is 49.1. The summed E-state index contributed by atoms with van der Waals surface area (Å²) in [6.07, 6.45) is 0. The number of hydrogen-bond donors (Lipinski definition) is 0. The van der Waals surface area contributed by atoms with Crippen molar-refractivity contribution in [3.63, 3.8) is 0 Å². The maximum absolute atomic E-state index is 5.02. The Morgan fingerprint density at radius 1 is 0.235 bits per heavy atom. The van der Waals surface area contributed by atoms with Crippen LogP contribution in [0.2, 0.25) is 0 Å². The Labute approximate surface area is 300 Å². The van der Waals surface area contributed by atoms with E-state index in [2.05, 4.69) is -2.79 Å². The second kappa shape index (κ2) is 9.55. The molecular weight excluding hydrogens is 1960 g/mol. The van der Waals surface area contributed by atoms with Gasteiger partial charge >= 0.3 is 311 Å². The molecule has 212 valence electrons. The number of hydrogen-bond acceptors (Lipinski definition) is 8. The van der Waals surface area contributed by atoms with Gasteiger partial charge in [-0.15, -0.1) is 0 Å². The number of rotatable bonds is 0. The van der Waals surface area contributed by atoms with Crippen molar-refractivity contribution < 1.29 is 0 Å². The molecule has 0 bridgehead atoms. The van der Waals surface area contributed by atoms with Crippen LogP contribution in [0.25, 0.3) is 0 Å². The van der Waals surface area contributed by atoms with Gasteiger partial charge in [0.05, 0.1) is 0 Å². The summed E-state index contributed by atoms with van der Waals surface area (Å²) >= 11 is -20.9. The van der Waals surface area contributed by atoms with Gasteiger partial charge in [-0.2, -0.15) is 0 Å². The first-order chi connectivity index (χ1) is 14.9. The van der Waals surface area contributed by atoms with Crippen LogP contribution in [0.4, 0.5) is 0 Å². The van der Waals surface area contributed by atoms with Crippen molar-refractivity contribution in [2.75, 3.05) is 0 Å². The van der Waals surface area contributed by atoms with Crippen LogP contribution in [0, 0.1) is 0 Å². The summed E-state index contributed by atoms with van der Waals surface area (Å²) in [5.74, 6) is 0. The van der Waals surface area contributed by atoms with Crippen LogP contribution in [0.5, 0.6) is 0 Å². The predicted octanol–water partition coefficient (Wildman–Crippen LogP) is 4.67. The topological polar surface area (TPSA) is 25.9 Å². The van der Waals surface area contributed by atoms with Crippen molar-refractivity contribution in [1.82, 2.24) is -2.79 Å². The molecule has 12 saturated heterocycles. The van der Waals surface area contributed by atoms with Crippen LogP contribution in [0.15, 0.2) is 0 Å². The van der Waals surface area contributed by atoms with E-state index in [0.717, 1.165) is 0 Å². The zero-order valence-electron chi connectivity index (χ0n) is 13.7. The van der Waals surface area contributed by atoms with Crippen molar-refractivity contribution in [3.05, 3.63) is 0 Å². The van der Waals surface area contributed by atoms with E-state index in [1.807, 2.05) is 0 Å². The molecule has 12 heterocycles. The van der Waals surface area contributed by atoms with Crippen LogP contribution >= 0.6 is 143 Å². The fourth-order valence-corrected chi connectivity index (χ4v) is 640. The maximum atomic E-state index is 5.02. The SMILES string of the molecule is Cl[Te](Cl)(Cl)Cl.Cl[Te](Cl)(Cl)Cl.Cl[Te](Cl)(Cl)Cl.Cl[Te](Cl)(Cl)Cl.N12[Te]34N5[Te]16N1[Te]27N3[Te]23N4[Te]54N6[Te]1(N72)N43. The third kappa shape index (κ3) is 3.38. The molecule has 6 spiro atoms. The van der Waals surface area contributed by atoms with E-state index in [1.54, 1.807) is 0 Å². The molecule has 0 amide bonds. The van der Waals surface area contributed by atoms with Gasteiger partial charge in [-0.3, -0.25) is 0 Å². The van der Waals surface area contributed by atoms with Crippen molar-refractivity contribution in [2.24, 2.45) is 0 Å². The standard InChI is InChI=1S/4Cl4Te.N8Te6/c4*1-5(2,3)4;1-9-2-10(1)4-11(1)3(9)13-5(9)12(2)6(10)14(4,7(11)13)8(12)13. The molecule has 12 fully saturated rings. The summed E-state index contributed by atoms with van der Waals surface area (Å²) in [7, 11) is 80.3. The molecule has 8 nitrogen and oxygen atoms in total. The molecule has 0 aromatic heterocycles. The molecule has 0 atom stereocenters. The Morgan fingerprint density at radius 3 is 0.353 bits per heavy atom. The van der Waals surface area contributed by atoms with E-state index in [4.69, 9.17) is 143 Å². The molecule has 0 saturated carbocycles. The van der Waals surface area contributed by atoms with Gasteiger partial charge in [-0.1, -0.05) is 0 Å². The molecule has 0 aliphatic carbocycles. The Hall–Kier alpha value is 12.2. The normalized spacial score (nSPS) is 66.8. The average Bonchev–Trinajstić information content (AvgIpc) is 2.11. The van der Waals surface area contributed by atoms with Gasteiger partial charge in [-0.25, -0.2) is 0 Å². The van der Waals surface area contributed by atoms with E-state index >= 15 is 0 Å². The van der Waals surface area contributed by atoms with Gasteiger partial charge in [0.15, 0.2) is 0 Å². The predicted molar refractivity (Wildman–Crippen MR) is 166 cm³/mol. The minimum atomic E-state index is -3.13. The molecule has 12 aliphatic heterocycles. The van der Waals surface area contributed by atoms with Crippen LogP contribution in [-0.2, 0) is 0 Å². The Kier molecular flexibility index (Phi) is 9.73. The van der Waals surface area contributed by atoms with Gasteiger partial charge < -0.3 is 0 Å². The zero-order chi connectivity index (χ0) is 25.6. The van der Waals surface area contributed by atoms with Crippen molar-refractivity contribution >= 4 is 314 Å². The van der Waals surface area contributed by atoms with E-state index in [1.165, 1.54) is 0 Å². The van der Waals surface area contributed by atoms with Crippen molar-refractivity contribution in [2.45, 2.75) is 0 Å². The molecule has 34 heavy (non-hydrogen) atoms. The first-order valence-corrected chi connectivity index (χ1v) is 79.1. The van der Waals surface area contributed by atoms with E-state index < -0.39 is 170 Å². The molecule has 34 heteroatoms. The fraction of sp³-hybridized carbons (Fsp3) is 0. The first kappa shape index (κ1) is 34.7. The van der Waals surface area contributed by atoms with Crippen molar-refractivity contribution in [1.29, 1.82) is 0 Å². The Balaban J connectivity index is 0.0000000876. The third-order valence-electron chi connectivity index (χ3n) is 4.80. The molecule has 12 aliphatic rings. The number of nitrogens with zero attached hydrogens (tertiary/aromatic N) is 8. The first-order valence-electron chi connectivity index (χ1n) is 6.85. The van der Waals surface area contributed by atoms with E-state index in [9.17, 15) is 0 Å². The summed E-state index contributed by atoms with van der Waals surface area (Å²) < 4.78 is 27.3. The Morgan fingerprint density at radius 2 is 0.294 bits per heavy atom. The van der Waals surface area contributed by atoms with Gasteiger partial charge in [0.25, 0.3) is 0 Å². The Bertz CT molecular complexity index is 719. The second-order valence-electron chi connectivity index (χ2n) is 6.13. The molecule has 0 N–H and O–H groups in total. The van der Waals surface area contributed by atoms with Gasteiger partial charge in [0, 0.05) is 0 Å². The average molecular weight is 1960 g/mol. The summed E-state index contributed by atoms with van der Waals surface area (Å²) in [6, 6.07) is 0. The van der Waals surface area contributed by atoms with Gasteiger partial charge in [-0.05, 0) is 0 Å². The minimum absolute atomic E-state index is 1.40. The quantitative estimate of drug-likeness (QED) is 0.324. The van der Waals surface area contributed by atoms with Crippen LogP contribution < -0.4 is 0 Å². The van der Waals surface area contributed by atoms with Crippen LogP contribution in [-0.4, -0.2) is 168 Å². The van der Waals surface area contributed by atoms with Gasteiger partial charge in [0.1, 0.15) is 0 Å². The molecule has 12 rings (SSSR count). The van der Waals surface area contributed by atoms with Crippen LogP contribution in [0.3, 0.4) is 0 Å².